The van der Waals surface area contributed by atoms with Crippen LogP contribution in [0.15, 0.2) is 18.2 Å². The van der Waals surface area contributed by atoms with Gasteiger partial charge in [-0.15, -0.1) is 0 Å². The van der Waals surface area contributed by atoms with E-state index in [1.165, 1.54) is 17.5 Å². The van der Waals surface area contributed by atoms with Gasteiger partial charge in [0.15, 0.2) is 6.29 Å². The Hall–Kier alpha value is -1.30. The van der Waals surface area contributed by atoms with Gasteiger partial charge in [0.05, 0.1) is 0 Å². The Kier molecular flexibility index (Phi) is 4.81. The summed E-state index contributed by atoms with van der Waals surface area (Å²) in [7, 11) is 0. The summed E-state index contributed by atoms with van der Waals surface area (Å²) in [6.45, 7) is 5.46. The van der Waals surface area contributed by atoms with Crippen molar-refractivity contribution < 1.29 is 9.47 Å². The van der Waals surface area contributed by atoms with Crippen molar-refractivity contribution in [3.8, 4) is 11.8 Å². The molecule has 2 heteroatoms. The molecule has 18 heavy (non-hydrogen) atoms. The molecule has 2 nitrogen and oxygen atoms in total. The number of hydrogen-bond acceptors (Lipinski definition) is 2. The van der Waals surface area contributed by atoms with Gasteiger partial charge < -0.3 is 9.47 Å². The first-order valence-corrected chi connectivity index (χ1v) is 6.55. The van der Waals surface area contributed by atoms with E-state index in [1.54, 1.807) is 0 Å². The van der Waals surface area contributed by atoms with E-state index in [1.807, 2.05) is 12.1 Å². The maximum atomic E-state index is 5.58. The maximum absolute atomic E-state index is 5.58. The molecule has 1 unspecified atom stereocenters. The smallest absolute Gasteiger partial charge is 0.158 e. The van der Waals surface area contributed by atoms with Gasteiger partial charge in [-0.2, -0.15) is 0 Å². The second-order valence-corrected chi connectivity index (χ2v) is 4.66. The largest absolute Gasteiger partial charge is 0.353 e. The van der Waals surface area contributed by atoms with Crippen LogP contribution >= 0.6 is 0 Å². The zero-order valence-electron chi connectivity index (χ0n) is 11.2. The summed E-state index contributed by atoms with van der Waals surface area (Å²) in [5.41, 5.74) is 3.61. The minimum atomic E-state index is -0.0494. The van der Waals surface area contributed by atoms with Gasteiger partial charge in [0, 0.05) is 12.2 Å². The number of hydrogen-bond donors (Lipinski definition) is 0. The quantitative estimate of drug-likeness (QED) is 0.744. The highest BCUT2D eigenvalue weighted by Gasteiger charge is 2.12. The average Bonchev–Trinajstić information content (AvgIpc) is 2.40. The fraction of sp³-hybridized carbons (Fsp3) is 0.500. The monoisotopic (exact) mass is 244 g/mol. The summed E-state index contributed by atoms with van der Waals surface area (Å²) in [4.78, 5) is 0. The first-order valence-electron chi connectivity index (χ1n) is 6.55. The Morgan fingerprint density at radius 1 is 1.33 bits per heavy atom. The van der Waals surface area contributed by atoms with Gasteiger partial charge in [-0.3, -0.25) is 0 Å². The Morgan fingerprint density at radius 3 is 3.00 bits per heavy atom. The van der Waals surface area contributed by atoms with Crippen LogP contribution in [0.25, 0.3) is 0 Å². The highest BCUT2D eigenvalue weighted by atomic mass is 16.7. The SMILES string of the molecule is Cc1cccc(C#CCOC2CCCCO2)c1C. The number of benzene rings is 1. The molecule has 1 aliphatic heterocycles. The summed E-state index contributed by atoms with van der Waals surface area (Å²) < 4.78 is 11.1. The van der Waals surface area contributed by atoms with Gasteiger partial charge in [0.1, 0.15) is 6.61 Å². The van der Waals surface area contributed by atoms with Gasteiger partial charge in [-0.05, 0) is 50.3 Å². The summed E-state index contributed by atoms with van der Waals surface area (Å²) in [5.74, 6) is 6.23. The Bertz CT molecular complexity index is 448. The van der Waals surface area contributed by atoms with Crippen molar-refractivity contribution >= 4 is 0 Å². The molecule has 1 aliphatic rings. The second-order valence-electron chi connectivity index (χ2n) is 4.66. The maximum Gasteiger partial charge on any atom is 0.158 e. The minimum Gasteiger partial charge on any atom is -0.353 e. The lowest BCUT2D eigenvalue weighted by atomic mass is 10.0. The first kappa shape index (κ1) is 13.1. The van der Waals surface area contributed by atoms with Crippen molar-refractivity contribution in [3.63, 3.8) is 0 Å². The van der Waals surface area contributed by atoms with Crippen molar-refractivity contribution in [2.45, 2.75) is 39.4 Å². The van der Waals surface area contributed by atoms with Crippen molar-refractivity contribution in [3.05, 3.63) is 34.9 Å². The molecule has 0 saturated carbocycles. The third-order valence-electron chi connectivity index (χ3n) is 3.31. The highest BCUT2D eigenvalue weighted by molar-refractivity contribution is 5.44. The molecule has 0 spiro atoms. The zero-order valence-corrected chi connectivity index (χ0v) is 11.2. The minimum absolute atomic E-state index is 0.0494. The van der Waals surface area contributed by atoms with E-state index in [4.69, 9.17) is 9.47 Å². The molecule has 0 aliphatic carbocycles. The zero-order chi connectivity index (χ0) is 12.8. The predicted molar refractivity (Wildman–Crippen MR) is 72.3 cm³/mol. The summed E-state index contributed by atoms with van der Waals surface area (Å²) in [6, 6.07) is 6.19. The van der Waals surface area contributed by atoms with Crippen LogP contribution in [-0.2, 0) is 9.47 Å². The molecule has 1 aromatic carbocycles. The molecular weight excluding hydrogens is 224 g/mol. The third kappa shape index (κ3) is 3.60. The fourth-order valence-corrected chi connectivity index (χ4v) is 2.00. The molecule has 1 heterocycles. The molecular formula is C16H20O2. The van der Waals surface area contributed by atoms with Crippen molar-refractivity contribution in [1.29, 1.82) is 0 Å². The lowest BCUT2D eigenvalue weighted by Crippen LogP contribution is -2.22. The van der Waals surface area contributed by atoms with Crippen molar-refractivity contribution in [1.82, 2.24) is 0 Å². The molecule has 0 N–H and O–H groups in total. The summed E-state index contributed by atoms with van der Waals surface area (Å²) in [6.07, 6.45) is 3.28. The van der Waals surface area contributed by atoms with E-state index in [-0.39, 0.29) is 6.29 Å². The Balaban J connectivity index is 1.86. The first-order chi connectivity index (χ1) is 8.77. The third-order valence-corrected chi connectivity index (χ3v) is 3.31. The molecule has 1 saturated heterocycles. The summed E-state index contributed by atoms with van der Waals surface area (Å²) in [5, 5.41) is 0. The summed E-state index contributed by atoms with van der Waals surface area (Å²) >= 11 is 0. The van der Waals surface area contributed by atoms with Crippen LogP contribution < -0.4 is 0 Å². The predicted octanol–water partition coefficient (Wildman–Crippen LogP) is 3.20. The van der Waals surface area contributed by atoms with Crippen LogP contribution in [0.5, 0.6) is 0 Å². The van der Waals surface area contributed by atoms with Gasteiger partial charge in [-0.1, -0.05) is 24.0 Å². The molecule has 0 bridgehead atoms. The molecule has 1 aromatic rings. The van der Waals surface area contributed by atoms with Crippen LogP contribution in [0.1, 0.15) is 36.0 Å². The van der Waals surface area contributed by atoms with E-state index >= 15 is 0 Å². The van der Waals surface area contributed by atoms with E-state index in [0.717, 1.165) is 25.0 Å². The van der Waals surface area contributed by atoms with Crippen molar-refractivity contribution in [2.75, 3.05) is 13.2 Å². The molecule has 1 fully saturated rings. The van der Waals surface area contributed by atoms with Crippen LogP contribution in [-0.4, -0.2) is 19.5 Å². The molecule has 0 radical (unpaired) electrons. The molecule has 96 valence electrons. The van der Waals surface area contributed by atoms with Crippen LogP contribution in [0.2, 0.25) is 0 Å². The molecule has 0 amide bonds. The lowest BCUT2D eigenvalue weighted by Gasteiger charge is -2.21. The van der Waals surface area contributed by atoms with E-state index in [0.29, 0.717) is 6.61 Å². The van der Waals surface area contributed by atoms with E-state index in [2.05, 4.69) is 31.8 Å². The number of ether oxygens (including phenoxy) is 2. The molecule has 0 aromatic heterocycles. The van der Waals surface area contributed by atoms with Crippen molar-refractivity contribution in [2.24, 2.45) is 0 Å². The van der Waals surface area contributed by atoms with Crippen LogP contribution in [0, 0.1) is 25.7 Å². The number of rotatable bonds is 2. The van der Waals surface area contributed by atoms with Crippen LogP contribution in [0.3, 0.4) is 0 Å². The van der Waals surface area contributed by atoms with Gasteiger partial charge in [0.2, 0.25) is 0 Å². The van der Waals surface area contributed by atoms with E-state index < -0.39 is 0 Å². The van der Waals surface area contributed by atoms with Crippen LogP contribution in [0.4, 0.5) is 0 Å². The second kappa shape index (κ2) is 6.58. The Morgan fingerprint density at radius 2 is 2.22 bits per heavy atom. The van der Waals surface area contributed by atoms with Gasteiger partial charge >= 0.3 is 0 Å². The Labute approximate surface area is 109 Å². The molecule has 1 atom stereocenters. The highest BCUT2D eigenvalue weighted by Crippen LogP contribution is 2.13. The average molecular weight is 244 g/mol. The van der Waals surface area contributed by atoms with E-state index in [9.17, 15) is 0 Å². The number of aryl methyl sites for hydroxylation is 1. The fourth-order valence-electron chi connectivity index (χ4n) is 2.00. The lowest BCUT2D eigenvalue weighted by molar-refractivity contribution is -0.154. The normalized spacial score (nSPS) is 19.1. The topological polar surface area (TPSA) is 18.5 Å². The molecule has 2 rings (SSSR count). The van der Waals surface area contributed by atoms with Gasteiger partial charge in [0.25, 0.3) is 0 Å². The standard InChI is InChI=1S/C16H20O2/c1-13-7-5-8-15(14(13)2)9-6-12-18-16-10-3-4-11-17-16/h5,7-8,16H,3-4,10-12H2,1-2H3. The van der Waals surface area contributed by atoms with Gasteiger partial charge in [-0.25, -0.2) is 0 Å².